The molecule has 0 aliphatic heterocycles. The van der Waals surface area contributed by atoms with Gasteiger partial charge in [-0.15, -0.1) is 12.4 Å². The Hall–Kier alpha value is -1.000. The van der Waals surface area contributed by atoms with Crippen molar-refractivity contribution in [3.8, 4) is 0 Å². The van der Waals surface area contributed by atoms with Crippen LogP contribution in [-0.4, -0.2) is 22.6 Å². The fourth-order valence-electron chi connectivity index (χ4n) is 2.20. The first-order valence-corrected chi connectivity index (χ1v) is 6.39. The van der Waals surface area contributed by atoms with Crippen molar-refractivity contribution in [2.75, 3.05) is 6.54 Å². The average molecular weight is 288 g/mol. The van der Waals surface area contributed by atoms with Crippen molar-refractivity contribution in [2.24, 2.45) is 5.73 Å². The summed E-state index contributed by atoms with van der Waals surface area (Å²) in [5, 5.41) is 2.88. The van der Waals surface area contributed by atoms with E-state index in [0.29, 0.717) is 12.6 Å². The minimum absolute atomic E-state index is 0. The number of rotatable bonds is 4. The highest BCUT2D eigenvalue weighted by Gasteiger charge is 2.18. The van der Waals surface area contributed by atoms with E-state index in [4.69, 9.17) is 5.73 Å². The molecule has 0 aliphatic carbocycles. The van der Waals surface area contributed by atoms with Gasteiger partial charge in [0.2, 0.25) is 0 Å². The molecule has 1 amide bonds. The number of nitrogens with one attached hydrogen (secondary N) is 1. The summed E-state index contributed by atoms with van der Waals surface area (Å²) in [7, 11) is 0. The van der Waals surface area contributed by atoms with Gasteiger partial charge in [-0.3, -0.25) is 4.79 Å². The van der Waals surface area contributed by atoms with Crippen LogP contribution < -0.4 is 11.1 Å². The van der Waals surface area contributed by atoms with Gasteiger partial charge in [-0.05, 0) is 47.6 Å². The van der Waals surface area contributed by atoms with Gasteiger partial charge in [-0.2, -0.15) is 0 Å². The van der Waals surface area contributed by atoms with E-state index in [-0.39, 0.29) is 23.9 Å². The quantitative estimate of drug-likeness (QED) is 0.894. The molecule has 4 nitrogen and oxygen atoms in total. The van der Waals surface area contributed by atoms with Gasteiger partial charge in [0.1, 0.15) is 0 Å². The van der Waals surface area contributed by atoms with Gasteiger partial charge in [0.05, 0.1) is 5.56 Å². The SMILES string of the molecule is Cc1cc(C(=O)NCC(C)(C)N)c(C)n1C(C)C.Cl. The first kappa shape index (κ1) is 18.0. The van der Waals surface area contributed by atoms with Crippen LogP contribution in [0.25, 0.3) is 0 Å². The molecule has 0 spiro atoms. The maximum absolute atomic E-state index is 12.1. The molecule has 0 saturated carbocycles. The Morgan fingerprint density at radius 2 is 1.95 bits per heavy atom. The molecule has 0 fully saturated rings. The third-order valence-electron chi connectivity index (χ3n) is 2.95. The van der Waals surface area contributed by atoms with Crippen molar-refractivity contribution in [2.45, 2.75) is 53.1 Å². The average Bonchev–Trinajstić information content (AvgIpc) is 2.49. The lowest BCUT2D eigenvalue weighted by molar-refractivity contribution is 0.0945. The molecule has 0 atom stereocenters. The van der Waals surface area contributed by atoms with E-state index >= 15 is 0 Å². The van der Waals surface area contributed by atoms with Crippen molar-refractivity contribution in [3.63, 3.8) is 0 Å². The van der Waals surface area contributed by atoms with Crippen molar-refractivity contribution < 1.29 is 4.79 Å². The Morgan fingerprint density at radius 1 is 1.42 bits per heavy atom. The molecule has 5 heteroatoms. The van der Waals surface area contributed by atoms with Gasteiger partial charge in [0.25, 0.3) is 5.91 Å². The third kappa shape index (κ3) is 4.55. The second-order valence-electron chi connectivity index (χ2n) is 5.92. The Labute approximate surface area is 122 Å². The molecule has 0 unspecified atom stereocenters. The molecule has 0 radical (unpaired) electrons. The predicted molar refractivity (Wildman–Crippen MR) is 82.1 cm³/mol. The molecule has 0 aromatic carbocycles. The monoisotopic (exact) mass is 287 g/mol. The number of aryl methyl sites for hydroxylation is 1. The summed E-state index contributed by atoms with van der Waals surface area (Å²) in [6.45, 7) is 12.5. The molecular weight excluding hydrogens is 262 g/mol. The van der Waals surface area contributed by atoms with E-state index in [0.717, 1.165) is 17.0 Å². The van der Waals surface area contributed by atoms with Crippen molar-refractivity contribution >= 4 is 18.3 Å². The number of carbonyl (C=O) groups excluding carboxylic acids is 1. The van der Waals surface area contributed by atoms with E-state index in [1.54, 1.807) is 0 Å². The number of hydrogen-bond acceptors (Lipinski definition) is 2. The smallest absolute Gasteiger partial charge is 0.253 e. The number of hydrogen-bond donors (Lipinski definition) is 2. The van der Waals surface area contributed by atoms with Crippen molar-refractivity contribution in [1.82, 2.24) is 9.88 Å². The highest BCUT2D eigenvalue weighted by atomic mass is 35.5. The maximum atomic E-state index is 12.1. The lowest BCUT2D eigenvalue weighted by atomic mass is 10.1. The van der Waals surface area contributed by atoms with Gasteiger partial charge in [0.15, 0.2) is 0 Å². The van der Waals surface area contributed by atoms with E-state index in [1.165, 1.54) is 0 Å². The normalized spacial score (nSPS) is 11.4. The summed E-state index contributed by atoms with van der Waals surface area (Å²) in [6.07, 6.45) is 0. The lowest BCUT2D eigenvalue weighted by Crippen LogP contribution is -2.45. The van der Waals surface area contributed by atoms with Crippen LogP contribution in [0.15, 0.2) is 6.07 Å². The van der Waals surface area contributed by atoms with E-state index in [1.807, 2.05) is 33.8 Å². The minimum Gasteiger partial charge on any atom is -0.350 e. The number of halogens is 1. The van der Waals surface area contributed by atoms with Crippen molar-refractivity contribution in [3.05, 3.63) is 23.0 Å². The van der Waals surface area contributed by atoms with Gasteiger partial charge >= 0.3 is 0 Å². The number of carbonyl (C=O) groups is 1. The Balaban J connectivity index is 0.00000324. The van der Waals surface area contributed by atoms with Crippen molar-refractivity contribution in [1.29, 1.82) is 0 Å². The van der Waals surface area contributed by atoms with Crippen LogP contribution in [0.1, 0.15) is 55.5 Å². The van der Waals surface area contributed by atoms with Crippen LogP contribution in [0.4, 0.5) is 0 Å². The summed E-state index contributed by atoms with van der Waals surface area (Å²) >= 11 is 0. The van der Waals surface area contributed by atoms with Crippen LogP contribution in [0.2, 0.25) is 0 Å². The largest absolute Gasteiger partial charge is 0.350 e. The second-order valence-corrected chi connectivity index (χ2v) is 5.92. The molecule has 0 aliphatic rings. The standard InChI is InChI=1S/C14H25N3O.ClH/c1-9(2)17-10(3)7-12(11(17)4)13(18)16-8-14(5,6)15;/h7,9H,8,15H2,1-6H3,(H,16,18);1H. The highest BCUT2D eigenvalue weighted by Crippen LogP contribution is 2.19. The van der Waals surface area contributed by atoms with Crippen LogP contribution in [-0.2, 0) is 0 Å². The van der Waals surface area contributed by atoms with Gasteiger partial charge in [0, 0.05) is 29.5 Å². The molecule has 3 N–H and O–H groups in total. The molecule has 19 heavy (non-hydrogen) atoms. The zero-order chi connectivity index (χ0) is 14.1. The van der Waals surface area contributed by atoms with Crippen LogP contribution in [0, 0.1) is 13.8 Å². The summed E-state index contributed by atoms with van der Waals surface area (Å²) in [6, 6.07) is 2.30. The van der Waals surface area contributed by atoms with Crippen LogP contribution in [0.3, 0.4) is 0 Å². The van der Waals surface area contributed by atoms with Gasteiger partial charge < -0.3 is 15.6 Å². The Morgan fingerprint density at radius 3 is 2.32 bits per heavy atom. The van der Waals surface area contributed by atoms with Crippen LogP contribution >= 0.6 is 12.4 Å². The van der Waals surface area contributed by atoms with E-state index < -0.39 is 0 Å². The summed E-state index contributed by atoms with van der Waals surface area (Å²) in [5.41, 5.74) is 8.33. The number of aromatic nitrogens is 1. The topological polar surface area (TPSA) is 60.1 Å². The first-order valence-electron chi connectivity index (χ1n) is 6.39. The lowest BCUT2D eigenvalue weighted by Gasteiger charge is -2.19. The Kier molecular flexibility index (Phi) is 6.10. The fraction of sp³-hybridized carbons (Fsp3) is 0.643. The molecule has 1 aromatic heterocycles. The number of nitrogens with two attached hydrogens (primary N) is 1. The molecule has 0 saturated heterocycles. The molecule has 110 valence electrons. The second kappa shape index (κ2) is 6.44. The minimum atomic E-state index is -0.390. The zero-order valence-electron chi connectivity index (χ0n) is 12.7. The Bertz CT molecular complexity index is 444. The highest BCUT2D eigenvalue weighted by molar-refractivity contribution is 5.95. The van der Waals surface area contributed by atoms with Gasteiger partial charge in [-0.1, -0.05) is 0 Å². The fourth-order valence-corrected chi connectivity index (χ4v) is 2.20. The molecule has 1 heterocycles. The summed E-state index contributed by atoms with van der Waals surface area (Å²) in [4.78, 5) is 12.1. The summed E-state index contributed by atoms with van der Waals surface area (Å²) in [5.74, 6) is -0.0477. The predicted octanol–water partition coefficient (Wildman–Crippen LogP) is 2.57. The van der Waals surface area contributed by atoms with Gasteiger partial charge in [-0.25, -0.2) is 0 Å². The van der Waals surface area contributed by atoms with E-state index in [9.17, 15) is 4.79 Å². The van der Waals surface area contributed by atoms with Crippen LogP contribution in [0.5, 0.6) is 0 Å². The van der Waals surface area contributed by atoms with E-state index in [2.05, 4.69) is 23.7 Å². The number of amides is 1. The molecule has 0 bridgehead atoms. The molecule has 1 aromatic rings. The first-order chi connectivity index (χ1) is 8.13. The molecular formula is C14H26ClN3O. The molecule has 1 rings (SSSR count). The zero-order valence-corrected chi connectivity index (χ0v) is 13.5. The maximum Gasteiger partial charge on any atom is 0.253 e. The number of nitrogens with zero attached hydrogens (tertiary/aromatic N) is 1. The summed E-state index contributed by atoms with van der Waals surface area (Å²) < 4.78 is 2.17. The third-order valence-corrected chi connectivity index (χ3v) is 2.95.